The van der Waals surface area contributed by atoms with Gasteiger partial charge in [0.25, 0.3) is 6.47 Å². The van der Waals surface area contributed by atoms with E-state index < -0.39 is 4.75 Å². The van der Waals surface area contributed by atoms with E-state index >= 15 is 0 Å². The van der Waals surface area contributed by atoms with E-state index in [-0.39, 0.29) is 6.61 Å². The van der Waals surface area contributed by atoms with E-state index in [9.17, 15) is 4.79 Å². The Labute approximate surface area is 68.7 Å². The highest BCUT2D eigenvalue weighted by Crippen LogP contribution is 2.24. The zero-order valence-corrected chi connectivity index (χ0v) is 7.09. The van der Waals surface area contributed by atoms with Crippen LogP contribution in [0.5, 0.6) is 0 Å². The van der Waals surface area contributed by atoms with Gasteiger partial charge in [-0.05, 0) is 13.8 Å². The summed E-state index contributed by atoms with van der Waals surface area (Å²) in [4.78, 5) is 9.77. The first kappa shape index (κ1) is 10.7. The minimum absolute atomic E-state index is 0.185. The summed E-state index contributed by atoms with van der Waals surface area (Å²) in [5, 5.41) is 11.2. The number of carbonyl (C=O) groups excluding carboxylic acids is 1. The van der Waals surface area contributed by atoms with Crippen molar-refractivity contribution in [2.24, 2.45) is 0 Å². The van der Waals surface area contributed by atoms with E-state index in [4.69, 9.17) is 5.26 Å². The Hall–Kier alpha value is -0.300. The highest BCUT2D eigenvalue weighted by molar-refractivity contribution is 7.95. The maximum atomic E-state index is 9.77. The van der Waals surface area contributed by atoms with Crippen molar-refractivity contribution < 1.29 is 24.2 Å². The number of rotatable bonds is 6. The van der Waals surface area contributed by atoms with E-state index in [0.717, 1.165) is 12.0 Å². The average Bonchev–Trinajstić information content (AvgIpc) is 1.97. The van der Waals surface area contributed by atoms with Crippen LogP contribution in [0.15, 0.2) is 0 Å². The summed E-state index contributed by atoms with van der Waals surface area (Å²) in [5.41, 5.74) is 0. The van der Waals surface area contributed by atoms with Crippen LogP contribution in [0.3, 0.4) is 0 Å². The van der Waals surface area contributed by atoms with E-state index in [1.54, 1.807) is 13.8 Å². The van der Waals surface area contributed by atoms with Crippen LogP contribution >= 0.6 is 12.0 Å². The molecule has 0 bridgehead atoms. The molecular formula is C5H10O5S. The van der Waals surface area contributed by atoms with Gasteiger partial charge in [-0.1, -0.05) is 5.04 Å². The Kier molecular flexibility index (Phi) is 5.22. The van der Waals surface area contributed by atoms with Crippen molar-refractivity contribution in [3.05, 3.63) is 0 Å². The molecule has 0 radical (unpaired) electrons. The average molecular weight is 182 g/mol. The topological polar surface area (TPSA) is 65.0 Å². The molecule has 0 aromatic rings. The van der Waals surface area contributed by atoms with Gasteiger partial charge in [0, 0.05) is 12.0 Å². The molecular weight excluding hydrogens is 172 g/mol. The number of carbonyl (C=O) groups is 1. The fourth-order valence-electron chi connectivity index (χ4n) is 0.366. The molecule has 0 heterocycles. The van der Waals surface area contributed by atoms with Gasteiger partial charge in [-0.2, -0.15) is 0 Å². The third-order valence-corrected chi connectivity index (χ3v) is 1.49. The summed E-state index contributed by atoms with van der Waals surface area (Å²) >= 11 is 0.863. The normalized spacial score (nSPS) is 11.2. The van der Waals surface area contributed by atoms with Gasteiger partial charge in [0.2, 0.25) is 0 Å². The van der Waals surface area contributed by atoms with Crippen molar-refractivity contribution >= 4 is 18.5 Å². The summed E-state index contributed by atoms with van der Waals surface area (Å²) in [7, 11) is 0. The lowest BCUT2D eigenvalue weighted by Crippen LogP contribution is -2.22. The Morgan fingerprint density at radius 1 is 1.64 bits per heavy atom. The molecule has 0 aliphatic heterocycles. The molecule has 0 aromatic heterocycles. The monoisotopic (exact) mass is 182 g/mol. The standard InChI is InChI=1S/C5H10O5S/c1-5(2,3-8-4-6)11-10-9-7/h4,7H,3H2,1-2H3. The van der Waals surface area contributed by atoms with Crippen molar-refractivity contribution in [3.8, 4) is 0 Å². The van der Waals surface area contributed by atoms with Crippen LogP contribution in [0.4, 0.5) is 0 Å². The molecule has 66 valence electrons. The second-order valence-corrected chi connectivity index (χ2v) is 3.80. The molecule has 0 rings (SSSR count). The fraction of sp³-hybridized carbons (Fsp3) is 0.800. The van der Waals surface area contributed by atoms with E-state index in [1.807, 2.05) is 0 Å². The second-order valence-electron chi connectivity index (χ2n) is 2.39. The highest BCUT2D eigenvalue weighted by Gasteiger charge is 2.21. The largest absolute Gasteiger partial charge is 0.466 e. The summed E-state index contributed by atoms with van der Waals surface area (Å²) in [6, 6.07) is 0. The summed E-state index contributed by atoms with van der Waals surface area (Å²) in [6.45, 7) is 4.06. The third kappa shape index (κ3) is 6.11. The molecule has 5 nitrogen and oxygen atoms in total. The molecule has 0 saturated heterocycles. The minimum atomic E-state index is -0.441. The Morgan fingerprint density at radius 3 is 2.73 bits per heavy atom. The molecule has 0 fully saturated rings. The molecule has 11 heavy (non-hydrogen) atoms. The maximum absolute atomic E-state index is 9.77. The van der Waals surface area contributed by atoms with Gasteiger partial charge < -0.3 is 4.74 Å². The first-order valence-electron chi connectivity index (χ1n) is 2.83. The van der Waals surface area contributed by atoms with Crippen LogP contribution in [0.25, 0.3) is 0 Å². The quantitative estimate of drug-likeness (QED) is 0.286. The van der Waals surface area contributed by atoms with Crippen LogP contribution in [-0.2, 0) is 18.9 Å². The lowest BCUT2D eigenvalue weighted by Gasteiger charge is -2.18. The predicted octanol–water partition coefficient (Wildman–Crippen LogP) is 1.01. The van der Waals surface area contributed by atoms with Gasteiger partial charge in [0.05, 0.1) is 4.75 Å². The van der Waals surface area contributed by atoms with E-state index in [1.165, 1.54) is 0 Å². The SMILES string of the molecule is CC(C)(COC=O)SOOO. The molecule has 6 heteroatoms. The maximum Gasteiger partial charge on any atom is 0.293 e. The lowest BCUT2D eigenvalue weighted by molar-refractivity contribution is -0.432. The zero-order chi connectivity index (χ0) is 8.74. The second kappa shape index (κ2) is 5.36. The molecule has 0 saturated carbocycles. The number of hydrogen-bond acceptors (Lipinski definition) is 6. The fourth-order valence-corrected chi connectivity index (χ4v) is 0.697. The molecule has 0 atom stereocenters. The van der Waals surface area contributed by atoms with Crippen molar-refractivity contribution in [3.63, 3.8) is 0 Å². The molecule has 0 unspecified atom stereocenters. The van der Waals surface area contributed by atoms with Crippen LogP contribution in [0.2, 0.25) is 0 Å². The van der Waals surface area contributed by atoms with Gasteiger partial charge in [0.1, 0.15) is 6.61 Å². The van der Waals surface area contributed by atoms with Crippen LogP contribution in [0.1, 0.15) is 13.8 Å². The summed E-state index contributed by atoms with van der Waals surface area (Å²) in [6.07, 6.45) is 0. The van der Waals surface area contributed by atoms with Gasteiger partial charge in [-0.25, -0.2) is 5.26 Å². The van der Waals surface area contributed by atoms with Crippen molar-refractivity contribution in [1.82, 2.24) is 0 Å². The van der Waals surface area contributed by atoms with Crippen molar-refractivity contribution in [2.45, 2.75) is 18.6 Å². The minimum Gasteiger partial charge on any atom is -0.466 e. The predicted molar refractivity (Wildman–Crippen MR) is 38.5 cm³/mol. The van der Waals surface area contributed by atoms with Gasteiger partial charge >= 0.3 is 0 Å². The first-order chi connectivity index (χ1) is 5.12. The molecule has 0 aromatic carbocycles. The first-order valence-corrected chi connectivity index (χ1v) is 3.58. The molecule has 0 aliphatic carbocycles. The van der Waals surface area contributed by atoms with Crippen LogP contribution in [0, 0.1) is 0 Å². The highest BCUT2D eigenvalue weighted by atomic mass is 32.2. The molecule has 0 aliphatic rings. The van der Waals surface area contributed by atoms with Crippen LogP contribution in [-0.4, -0.2) is 23.1 Å². The molecule has 1 N–H and O–H groups in total. The van der Waals surface area contributed by atoms with Gasteiger partial charge in [0.15, 0.2) is 0 Å². The Balaban J connectivity index is 3.51. The summed E-state index contributed by atoms with van der Waals surface area (Å²) < 4.78 is 8.21. The third-order valence-electron chi connectivity index (χ3n) is 0.789. The van der Waals surface area contributed by atoms with Crippen molar-refractivity contribution in [2.75, 3.05) is 6.61 Å². The summed E-state index contributed by atoms with van der Waals surface area (Å²) in [5.74, 6) is 0. The lowest BCUT2D eigenvalue weighted by atomic mass is 10.2. The number of ether oxygens (including phenoxy) is 1. The van der Waals surface area contributed by atoms with Crippen LogP contribution < -0.4 is 0 Å². The van der Waals surface area contributed by atoms with E-state index in [2.05, 4.69) is 14.1 Å². The van der Waals surface area contributed by atoms with Gasteiger partial charge in [-0.3, -0.25) is 4.79 Å². The smallest absolute Gasteiger partial charge is 0.293 e. The van der Waals surface area contributed by atoms with Crippen molar-refractivity contribution in [1.29, 1.82) is 0 Å². The zero-order valence-electron chi connectivity index (χ0n) is 6.27. The number of hydrogen-bond donors (Lipinski definition) is 1. The Morgan fingerprint density at radius 2 is 2.27 bits per heavy atom. The molecule has 0 amide bonds. The molecule has 0 spiro atoms. The van der Waals surface area contributed by atoms with E-state index in [0.29, 0.717) is 6.47 Å². The van der Waals surface area contributed by atoms with Gasteiger partial charge in [-0.15, -0.1) is 4.33 Å². The Bertz CT molecular complexity index is 115.